The molecule has 0 unspecified atom stereocenters. The minimum Gasteiger partial charge on any atom is -0.376 e. The molecular formula is C16H20N4O2. The van der Waals surface area contributed by atoms with Crippen LogP contribution in [0.15, 0.2) is 43.1 Å². The maximum atomic E-state index is 12.6. The smallest absolute Gasteiger partial charge is 0.242 e. The van der Waals surface area contributed by atoms with Crippen LogP contribution in [0.2, 0.25) is 0 Å². The van der Waals surface area contributed by atoms with E-state index in [0.29, 0.717) is 19.6 Å². The van der Waals surface area contributed by atoms with Crippen molar-refractivity contribution in [3.63, 3.8) is 0 Å². The molecule has 1 fully saturated rings. The number of rotatable bonds is 6. The van der Waals surface area contributed by atoms with E-state index in [0.717, 1.165) is 25.1 Å². The van der Waals surface area contributed by atoms with Gasteiger partial charge in [-0.05, 0) is 25.0 Å². The summed E-state index contributed by atoms with van der Waals surface area (Å²) in [5.74, 6) is 0.0548. The molecule has 6 heteroatoms. The van der Waals surface area contributed by atoms with E-state index in [1.54, 1.807) is 29.5 Å². The Morgan fingerprint density at radius 1 is 1.41 bits per heavy atom. The van der Waals surface area contributed by atoms with Crippen molar-refractivity contribution in [2.75, 3.05) is 13.2 Å². The fraction of sp³-hybridized carbons (Fsp3) is 0.438. The van der Waals surface area contributed by atoms with E-state index in [-0.39, 0.29) is 12.0 Å². The quantitative estimate of drug-likeness (QED) is 0.811. The predicted molar refractivity (Wildman–Crippen MR) is 80.9 cm³/mol. The largest absolute Gasteiger partial charge is 0.376 e. The fourth-order valence-corrected chi connectivity index (χ4v) is 2.61. The SMILES string of the molecule is O=C(Cn1ccnc1)N(Cc1ccccn1)C[C@@H]1CCCO1. The van der Waals surface area contributed by atoms with Crippen LogP contribution in [0.4, 0.5) is 0 Å². The molecule has 6 nitrogen and oxygen atoms in total. The van der Waals surface area contributed by atoms with Crippen molar-refractivity contribution in [3.05, 3.63) is 48.8 Å². The molecule has 116 valence electrons. The van der Waals surface area contributed by atoms with Crippen LogP contribution in [0.1, 0.15) is 18.5 Å². The van der Waals surface area contributed by atoms with Crippen molar-refractivity contribution < 1.29 is 9.53 Å². The molecule has 0 aliphatic carbocycles. The summed E-state index contributed by atoms with van der Waals surface area (Å²) in [5, 5.41) is 0. The van der Waals surface area contributed by atoms with Gasteiger partial charge in [0.1, 0.15) is 6.54 Å². The molecule has 0 saturated carbocycles. The second-order valence-corrected chi connectivity index (χ2v) is 5.47. The highest BCUT2D eigenvalue weighted by molar-refractivity contribution is 5.76. The van der Waals surface area contributed by atoms with Crippen molar-refractivity contribution in [1.82, 2.24) is 19.4 Å². The second-order valence-electron chi connectivity index (χ2n) is 5.47. The Morgan fingerprint density at radius 2 is 2.36 bits per heavy atom. The second kappa shape index (κ2) is 7.17. The molecule has 3 heterocycles. The third-order valence-electron chi connectivity index (χ3n) is 3.76. The van der Waals surface area contributed by atoms with Gasteiger partial charge in [-0.2, -0.15) is 0 Å². The topological polar surface area (TPSA) is 60.2 Å². The Morgan fingerprint density at radius 3 is 3.05 bits per heavy atom. The van der Waals surface area contributed by atoms with Crippen LogP contribution < -0.4 is 0 Å². The Labute approximate surface area is 129 Å². The van der Waals surface area contributed by atoms with E-state index < -0.39 is 0 Å². The standard InChI is InChI=1S/C16H20N4O2/c21-16(12-19-8-7-17-13-19)20(11-15-5-3-9-22-15)10-14-4-1-2-6-18-14/h1-2,4,6-8,13,15H,3,5,9-12H2/t15-/m0/s1. The molecule has 1 aliphatic rings. The lowest BCUT2D eigenvalue weighted by atomic mass is 10.2. The number of pyridine rings is 1. The van der Waals surface area contributed by atoms with Crippen molar-refractivity contribution in [1.29, 1.82) is 0 Å². The third-order valence-corrected chi connectivity index (χ3v) is 3.76. The zero-order valence-corrected chi connectivity index (χ0v) is 12.5. The van der Waals surface area contributed by atoms with Crippen LogP contribution in [-0.4, -0.2) is 44.6 Å². The zero-order valence-electron chi connectivity index (χ0n) is 12.5. The normalized spacial score (nSPS) is 17.5. The molecule has 3 rings (SSSR count). The molecule has 0 spiro atoms. The van der Waals surface area contributed by atoms with E-state index in [9.17, 15) is 4.79 Å². The van der Waals surface area contributed by atoms with Crippen molar-refractivity contribution in [2.45, 2.75) is 32.0 Å². The van der Waals surface area contributed by atoms with Gasteiger partial charge in [0.2, 0.25) is 5.91 Å². The number of carbonyl (C=O) groups excluding carboxylic acids is 1. The lowest BCUT2D eigenvalue weighted by Crippen LogP contribution is -2.38. The first kappa shape index (κ1) is 14.7. The monoisotopic (exact) mass is 300 g/mol. The van der Waals surface area contributed by atoms with E-state index >= 15 is 0 Å². The van der Waals surface area contributed by atoms with Gasteiger partial charge < -0.3 is 14.2 Å². The summed E-state index contributed by atoms with van der Waals surface area (Å²) in [6.45, 7) is 2.20. The van der Waals surface area contributed by atoms with Gasteiger partial charge in [0.15, 0.2) is 0 Å². The van der Waals surface area contributed by atoms with E-state index in [1.807, 2.05) is 23.1 Å². The van der Waals surface area contributed by atoms with Gasteiger partial charge in [-0.1, -0.05) is 6.07 Å². The molecule has 22 heavy (non-hydrogen) atoms. The summed E-state index contributed by atoms with van der Waals surface area (Å²) in [7, 11) is 0. The molecular weight excluding hydrogens is 280 g/mol. The molecule has 1 atom stereocenters. The highest BCUT2D eigenvalue weighted by Crippen LogP contribution is 2.15. The molecule has 1 aliphatic heterocycles. The summed E-state index contributed by atoms with van der Waals surface area (Å²) in [4.78, 5) is 22.7. The Hall–Kier alpha value is -2.21. The van der Waals surface area contributed by atoms with Crippen molar-refractivity contribution in [3.8, 4) is 0 Å². The van der Waals surface area contributed by atoms with Crippen LogP contribution in [0, 0.1) is 0 Å². The molecule has 2 aromatic heterocycles. The average Bonchev–Trinajstić information content (AvgIpc) is 3.21. The molecule has 0 aromatic carbocycles. The van der Waals surface area contributed by atoms with E-state index in [1.165, 1.54) is 0 Å². The number of nitrogens with zero attached hydrogens (tertiary/aromatic N) is 4. The van der Waals surface area contributed by atoms with Gasteiger partial charge in [0.25, 0.3) is 0 Å². The maximum absolute atomic E-state index is 12.6. The number of hydrogen-bond donors (Lipinski definition) is 0. The molecule has 0 bridgehead atoms. The first-order valence-corrected chi connectivity index (χ1v) is 7.56. The van der Waals surface area contributed by atoms with E-state index in [2.05, 4.69) is 9.97 Å². The highest BCUT2D eigenvalue weighted by Gasteiger charge is 2.23. The van der Waals surface area contributed by atoms with Gasteiger partial charge in [0.05, 0.1) is 24.7 Å². The average molecular weight is 300 g/mol. The molecule has 0 radical (unpaired) electrons. The van der Waals surface area contributed by atoms with Gasteiger partial charge >= 0.3 is 0 Å². The molecule has 2 aromatic rings. The first-order chi connectivity index (χ1) is 10.8. The predicted octanol–water partition coefficient (Wildman–Crippen LogP) is 1.49. The summed E-state index contributed by atoms with van der Waals surface area (Å²) in [6.07, 6.45) is 9.09. The number of carbonyl (C=O) groups is 1. The number of imidazole rings is 1. The minimum absolute atomic E-state index is 0.0548. The number of ether oxygens (including phenoxy) is 1. The van der Waals surface area contributed by atoms with Gasteiger partial charge in [0, 0.05) is 31.7 Å². The van der Waals surface area contributed by atoms with E-state index in [4.69, 9.17) is 4.74 Å². The lowest BCUT2D eigenvalue weighted by Gasteiger charge is -2.25. The van der Waals surface area contributed by atoms with Crippen LogP contribution in [0.3, 0.4) is 0 Å². The summed E-state index contributed by atoms with van der Waals surface area (Å²) in [5.41, 5.74) is 0.888. The lowest BCUT2D eigenvalue weighted by molar-refractivity contribution is -0.134. The minimum atomic E-state index is 0.0548. The van der Waals surface area contributed by atoms with Gasteiger partial charge in [-0.15, -0.1) is 0 Å². The number of hydrogen-bond acceptors (Lipinski definition) is 4. The van der Waals surface area contributed by atoms with Crippen LogP contribution in [-0.2, 0) is 22.6 Å². The van der Waals surface area contributed by atoms with Gasteiger partial charge in [-0.25, -0.2) is 4.98 Å². The van der Waals surface area contributed by atoms with Crippen molar-refractivity contribution >= 4 is 5.91 Å². The van der Waals surface area contributed by atoms with Gasteiger partial charge in [-0.3, -0.25) is 9.78 Å². The summed E-state index contributed by atoms with van der Waals surface area (Å²) < 4.78 is 7.45. The number of aromatic nitrogens is 3. The number of amides is 1. The molecule has 0 N–H and O–H groups in total. The Kier molecular flexibility index (Phi) is 4.80. The molecule has 1 saturated heterocycles. The maximum Gasteiger partial charge on any atom is 0.242 e. The fourth-order valence-electron chi connectivity index (χ4n) is 2.61. The molecule has 1 amide bonds. The first-order valence-electron chi connectivity index (χ1n) is 7.56. The highest BCUT2D eigenvalue weighted by atomic mass is 16.5. The Bertz CT molecular complexity index is 579. The Balaban J connectivity index is 1.68. The summed E-state index contributed by atoms with van der Waals surface area (Å²) in [6, 6.07) is 5.75. The third kappa shape index (κ3) is 3.92. The van der Waals surface area contributed by atoms with Crippen LogP contribution in [0.25, 0.3) is 0 Å². The van der Waals surface area contributed by atoms with Crippen LogP contribution in [0.5, 0.6) is 0 Å². The summed E-state index contributed by atoms with van der Waals surface area (Å²) >= 11 is 0. The zero-order chi connectivity index (χ0) is 15.2. The van der Waals surface area contributed by atoms with Crippen LogP contribution >= 0.6 is 0 Å². The van der Waals surface area contributed by atoms with Crippen molar-refractivity contribution in [2.24, 2.45) is 0 Å².